The molecule has 0 saturated carbocycles. The average Bonchev–Trinajstić information content (AvgIpc) is 2.27. The van der Waals surface area contributed by atoms with Crippen LogP contribution in [-0.2, 0) is 0 Å². The van der Waals surface area contributed by atoms with Crippen molar-refractivity contribution in [2.75, 3.05) is 5.32 Å². The molecule has 0 aliphatic rings. The topological polar surface area (TPSA) is 41.1 Å². The smallest absolute Gasteiger partial charge is 0.318 e. The number of rotatable bonds is 2. The summed E-state index contributed by atoms with van der Waals surface area (Å²) in [7, 11) is 0. The molecule has 0 atom stereocenters. The molecular formula is C10H6Br2F6N2O. The first-order valence-corrected chi connectivity index (χ1v) is 6.66. The first kappa shape index (κ1) is 18.1. The fraction of sp³-hybridized carbons (Fsp3) is 0.300. The van der Waals surface area contributed by atoms with E-state index in [1.807, 2.05) is 5.32 Å². The second-order valence-electron chi connectivity index (χ2n) is 3.74. The molecule has 118 valence electrons. The second-order valence-corrected chi connectivity index (χ2v) is 5.51. The minimum absolute atomic E-state index is 0.0128. The number of carbonyl (C=O) groups excluding carboxylic acids is 1. The summed E-state index contributed by atoms with van der Waals surface area (Å²) >= 11 is 6.10. The van der Waals surface area contributed by atoms with E-state index in [1.165, 1.54) is 18.2 Å². The normalized spacial score (nSPS) is 12.4. The number of carbonyl (C=O) groups is 1. The number of anilines is 1. The zero-order chi connectivity index (χ0) is 16.4. The van der Waals surface area contributed by atoms with Gasteiger partial charge in [-0.2, -0.15) is 26.3 Å². The third-order valence-electron chi connectivity index (χ3n) is 2.11. The van der Waals surface area contributed by atoms with E-state index in [1.54, 1.807) is 0 Å². The van der Waals surface area contributed by atoms with Crippen LogP contribution in [0.4, 0.5) is 36.8 Å². The SMILES string of the molecule is O=C(Nc1ccc(Br)cc1Br)NC(C(F)(F)F)C(F)(F)F. The van der Waals surface area contributed by atoms with Crippen LogP contribution in [-0.4, -0.2) is 24.4 Å². The van der Waals surface area contributed by atoms with Gasteiger partial charge in [-0.3, -0.25) is 0 Å². The van der Waals surface area contributed by atoms with Crippen molar-refractivity contribution in [2.45, 2.75) is 18.4 Å². The molecule has 0 aliphatic heterocycles. The Morgan fingerprint density at radius 2 is 1.57 bits per heavy atom. The Hall–Kier alpha value is -0.970. The lowest BCUT2D eigenvalue weighted by Crippen LogP contribution is -2.55. The molecule has 1 aromatic rings. The van der Waals surface area contributed by atoms with Crippen molar-refractivity contribution in [3.05, 3.63) is 27.1 Å². The number of urea groups is 1. The first-order chi connectivity index (χ1) is 9.41. The summed E-state index contributed by atoms with van der Waals surface area (Å²) < 4.78 is 74.5. The maximum Gasteiger partial charge on any atom is 0.417 e. The second kappa shape index (κ2) is 6.42. The molecule has 11 heteroatoms. The minimum atomic E-state index is -5.65. The number of benzene rings is 1. The molecule has 2 N–H and O–H groups in total. The van der Waals surface area contributed by atoms with Crippen molar-refractivity contribution in [3.8, 4) is 0 Å². The average molecular weight is 444 g/mol. The largest absolute Gasteiger partial charge is 0.417 e. The molecule has 1 rings (SSSR count). The molecule has 3 nitrogen and oxygen atoms in total. The Labute approximate surface area is 131 Å². The Kier molecular flexibility index (Phi) is 5.53. The van der Waals surface area contributed by atoms with E-state index < -0.39 is 24.4 Å². The summed E-state index contributed by atoms with van der Waals surface area (Å²) in [5, 5.41) is 2.75. The van der Waals surface area contributed by atoms with Gasteiger partial charge in [0.1, 0.15) is 0 Å². The highest BCUT2D eigenvalue weighted by atomic mass is 79.9. The molecular weight excluding hydrogens is 438 g/mol. The molecule has 0 unspecified atom stereocenters. The van der Waals surface area contributed by atoms with Gasteiger partial charge in [0.15, 0.2) is 0 Å². The van der Waals surface area contributed by atoms with Crippen molar-refractivity contribution in [1.82, 2.24) is 5.32 Å². The van der Waals surface area contributed by atoms with Crippen LogP contribution < -0.4 is 10.6 Å². The quantitative estimate of drug-likeness (QED) is 0.632. The maximum absolute atomic E-state index is 12.3. The predicted molar refractivity (Wildman–Crippen MR) is 69.9 cm³/mol. The van der Waals surface area contributed by atoms with E-state index in [2.05, 4.69) is 31.9 Å². The van der Waals surface area contributed by atoms with Gasteiger partial charge in [0.2, 0.25) is 6.04 Å². The minimum Gasteiger partial charge on any atom is -0.318 e. The molecule has 0 saturated heterocycles. The summed E-state index contributed by atoms with van der Waals surface area (Å²) in [6, 6.07) is -1.37. The van der Waals surface area contributed by atoms with Gasteiger partial charge in [0.05, 0.1) is 5.69 Å². The monoisotopic (exact) mass is 442 g/mol. The van der Waals surface area contributed by atoms with Gasteiger partial charge < -0.3 is 10.6 Å². The Bertz CT molecular complexity index is 517. The van der Waals surface area contributed by atoms with Crippen LogP contribution in [0.5, 0.6) is 0 Å². The van der Waals surface area contributed by atoms with Crippen molar-refractivity contribution >= 4 is 43.6 Å². The Morgan fingerprint density at radius 3 is 2.00 bits per heavy atom. The zero-order valence-corrected chi connectivity index (χ0v) is 12.9. The Balaban J connectivity index is 2.84. The number of alkyl halides is 6. The molecule has 0 aromatic heterocycles. The number of nitrogens with one attached hydrogen (secondary N) is 2. The van der Waals surface area contributed by atoms with Gasteiger partial charge in [-0.25, -0.2) is 4.79 Å². The standard InChI is InChI=1S/C10H6Br2F6N2O/c11-4-1-2-6(5(12)3-4)19-8(21)20-7(9(13,14)15)10(16,17)18/h1-3,7H,(H2,19,20,21). The van der Waals surface area contributed by atoms with Crippen LogP contribution in [0.3, 0.4) is 0 Å². The fourth-order valence-corrected chi connectivity index (χ4v) is 2.38. The van der Waals surface area contributed by atoms with Crippen molar-refractivity contribution < 1.29 is 31.1 Å². The highest BCUT2D eigenvalue weighted by molar-refractivity contribution is 9.11. The van der Waals surface area contributed by atoms with Crippen LogP contribution in [0.1, 0.15) is 0 Å². The van der Waals surface area contributed by atoms with Crippen LogP contribution >= 0.6 is 31.9 Å². The summed E-state index contributed by atoms with van der Waals surface area (Å²) in [6.07, 6.45) is -11.3. The van der Waals surface area contributed by atoms with E-state index >= 15 is 0 Å². The van der Waals surface area contributed by atoms with Crippen LogP contribution in [0, 0.1) is 0 Å². The molecule has 1 aromatic carbocycles. The fourth-order valence-electron chi connectivity index (χ4n) is 1.23. The van der Waals surface area contributed by atoms with Gasteiger partial charge >= 0.3 is 18.4 Å². The van der Waals surface area contributed by atoms with Gasteiger partial charge in [-0.1, -0.05) is 15.9 Å². The molecule has 0 aliphatic carbocycles. The summed E-state index contributed by atoms with van der Waals surface area (Å²) in [6.45, 7) is 0. The summed E-state index contributed by atoms with van der Waals surface area (Å²) in [5.41, 5.74) is 0.0128. The highest BCUT2D eigenvalue weighted by Crippen LogP contribution is 2.33. The van der Waals surface area contributed by atoms with Gasteiger partial charge in [0.25, 0.3) is 0 Å². The molecule has 0 bridgehead atoms. The number of halogens is 8. The van der Waals surface area contributed by atoms with Gasteiger partial charge in [-0.05, 0) is 34.1 Å². The summed E-state index contributed by atoms with van der Waals surface area (Å²) in [5.74, 6) is 0. The molecule has 2 amide bonds. The van der Waals surface area contributed by atoms with Crippen molar-refractivity contribution in [3.63, 3.8) is 0 Å². The summed E-state index contributed by atoms with van der Waals surface area (Å²) in [4.78, 5) is 11.3. The zero-order valence-electron chi connectivity index (χ0n) is 9.74. The lowest BCUT2D eigenvalue weighted by molar-refractivity contribution is -0.255. The van der Waals surface area contributed by atoms with E-state index in [-0.39, 0.29) is 10.2 Å². The van der Waals surface area contributed by atoms with Crippen LogP contribution in [0.2, 0.25) is 0 Å². The Morgan fingerprint density at radius 1 is 1.05 bits per heavy atom. The maximum atomic E-state index is 12.3. The number of hydrogen-bond acceptors (Lipinski definition) is 1. The van der Waals surface area contributed by atoms with E-state index in [0.29, 0.717) is 4.47 Å². The van der Waals surface area contributed by atoms with Crippen LogP contribution in [0.25, 0.3) is 0 Å². The molecule has 0 radical (unpaired) electrons. The lowest BCUT2D eigenvalue weighted by atomic mass is 10.3. The van der Waals surface area contributed by atoms with Crippen molar-refractivity contribution in [2.24, 2.45) is 0 Å². The van der Waals surface area contributed by atoms with Gasteiger partial charge in [-0.15, -0.1) is 0 Å². The molecule has 0 heterocycles. The van der Waals surface area contributed by atoms with Gasteiger partial charge in [0, 0.05) is 8.95 Å². The third-order valence-corrected chi connectivity index (χ3v) is 3.26. The van der Waals surface area contributed by atoms with Crippen LogP contribution in [0.15, 0.2) is 27.1 Å². The number of hydrogen-bond donors (Lipinski definition) is 2. The predicted octanol–water partition coefficient (Wildman–Crippen LogP) is 4.83. The number of amides is 2. The molecule has 21 heavy (non-hydrogen) atoms. The van der Waals surface area contributed by atoms with E-state index in [0.717, 1.165) is 5.32 Å². The molecule has 0 fully saturated rings. The third kappa shape index (κ3) is 5.38. The lowest BCUT2D eigenvalue weighted by Gasteiger charge is -2.24. The van der Waals surface area contributed by atoms with E-state index in [4.69, 9.17) is 0 Å². The van der Waals surface area contributed by atoms with Crippen molar-refractivity contribution in [1.29, 1.82) is 0 Å². The van der Waals surface area contributed by atoms with E-state index in [9.17, 15) is 31.1 Å². The first-order valence-electron chi connectivity index (χ1n) is 5.07. The highest BCUT2D eigenvalue weighted by Gasteiger charge is 2.57. The molecule has 0 spiro atoms.